The summed E-state index contributed by atoms with van der Waals surface area (Å²) >= 11 is 0. The van der Waals surface area contributed by atoms with Gasteiger partial charge in [0.25, 0.3) is 0 Å². The number of benzene rings is 2. The van der Waals surface area contributed by atoms with Crippen LogP contribution in [0.2, 0.25) is 0 Å². The predicted octanol–water partition coefficient (Wildman–Crippen LogP) is 2.85. The molecule has 1 aliphatic heterocycles. The van der Waals surface area contributed by atoms with Gasteiger partial charge in [0, 0.05) is 37.8 Å². The molecule has 1 atom stereocenters. The molecule has 1 N–H and O–H groups in total. The average Bonchev–Trinajstić information content (AvgIpc) is 2.69. The minimum Gasteiger partial charge on any atom is -0.497 e. The first-order valence-corrected chi connectivity index (χ1v) is 8.68. The van der Waals surface area contributed by atoms with E-state index < -0.39 is 0 Å². The van der Waals surface area contributed by atoms with Crippen LogP contribution in [0.5, 0.6) is 17.2 Å². The van der Waals surface area contributed by atoms with Crippen molar-refractivity contribution in [2.24, 2.45) is 0 Å². The molecule has 0 aliphatic carbocycles. The molecule has 0 aromatic heterocycles. The second kappa shape index (κ2) is 8.38. The Morgan fingerprint density at radius 1 is 0.923 bits per heavy atom. The highest BCUT2D eigenvalue weighted by molar-refractivity contribution is 5.47. The van der Waals surface area contributed by atoms with Crippen molar-refractivity contribution < 1.29 is 18.6 Å². The molecule has 1 unspecified atom stereocenters. The molecule has 1 saturated heterocycles. The number of nitrogens with zero attached hydrogens (tertiary/aromatic N) is 1. The first kappa shape index (κ1) is 18.5. The Hall–Kier alpha value is -2.31. The Kier molecular flexibility index (Phi) is 5.96. The van der Waals surface area contributed by atoms with E-state index in [0.717, 1.165) is 48.8 Å². The summed E-state index contributed by atoms with van der Waals surface area (Å²) in [4.78, 5) is 2.34. The fourth-order valence-electron chi connectivity index (χ4n) is 3.42. The molecule has 2 aromatic rings. The average molecular weight is 360 g/mol. The Labute approximate surface area is 153 Å². The van der Waals surface area contributed by atoms with Gasteiger partial charge < -0.3 is 19.5 Å². The van der Waals surface area contributed by atoms with E-state index in [1.165, 1.54) is 7.11 Å². The van der Waals surface area contributed by atoms with E-state index in [2.05, 4.69) is 10.2 Å². The molecule has 1 aliphatic rings. The summed E-state index contributed by atoms with van der Waals surface area (Å²) in [5.41, 5.74) is 1.86. The largest absolute Gasteiger partial charge is 0.497 e. The Morgan fingerprint density at radius 3 is 2.27 bits per heavy atom. The molecular weight excluding hydrogens is 335 g/mol. The summed E-state index contributed by atoms with van der Waals surface area (Å²) in [7, 11) is 4.74. The zero-order valence-electron chi connectivity index (χ0n) is 15.4. The van der Waals surface area contributed by atoms with Gasteiger partial charge in [-0.3, -0.25) is 4.90 Å². The van der Waals surface area contributed by atoms with Crippen LogP contribution in [0.25, 0.3) is 0 Å². The molecule has 6 heteroatoms. The summed E-state index contributed by atoms with van der Waals surface area (Å²) < 4.78 is 30.4. The quantitative estimate of drug-likeness (QED) is 0.858. The van der Waals surface area contributed by atoms with Crippen LogP contribution in [0.4, 0.5) is 4.39 Å². The van der Waals surface area contributed by atoms with E-state index in [-0.39, 0.29) is 17.6 Å². The fourth-order valence-corrected chi connectivity index (χ4v) is 3.42. The minimum atomic E-state index is -0.363. The lowest BCUT2D eigenvalue weighted by Gasteiger charge is -2.36. The highest BCUT2D eigenvalue weighted by Gasteiger charge is 2.27. The maximum absolute atomic E-state index is 14.4. The van der Waals surface area contributed by atoms with Crippen LogP contribution < -0.4 is 19.5 Å². The normalized spacial score (nSPS) is 16.2. The number of piperazine rings is 1. The van der Waals surface area contributed by atoms with E-state index in [1.807, 2.05) is 24.3 Å². The highest BCUT2D eigenvalue weighted by Crippen LogP contribution is 2.38. The van der Waals surface area contributed by atoms with E-state index >= 15 is 0 Å². The Morgan fingerprint density at radius 2 is 1.65 bits per heavy atom. The third-order valence-electron chi connectivity index (χ3n) is 4.74. The van der Waals surface area contributed by atoms with Gasteiger partial charge in [0.2, 0.25) is 0 Å². The number of ether oxygens (including phenoxy) is 3. The van der Waals surface area contributed by atoms with Gasteiger partial charge in [-0.1, -0.05) is 6.07 Å². The van der Waals surface area contributed by atoms with E-state index in [1.54, 1.807) is 26.4 Å². The molecule has 1 heterocycles. The molecule has 5 nitrogen and oxygen atoms in total. The van der Waals surface area contributed by atoms with Crippen molar-refractivity contribution >= 4 is 0 Å². The molecule has 26 heavy (non-hydrogen) atoms. The monoisotopic (exact) mass is 360 g/mol. The van der Waals surface area contributed by atoms with Crippen molar-refractivity contribution in [3.8, 4) is 17.2 Å². The van der Waals surface area contributed by atoms with Crippen molar-refractivity contribution in [3.63, 3.8) is 0 Å². The molecule has 0 saturated carbocycles. The van der Waals surface area contributed by atoms with Crippen LogP contribution in [-0.4, -0.2) is 52.4 Å². The Balaban J connectivity index is 2.08. The second-order valence-corrected chi connectivity index (χ2v) is 6.19. The van der Waals surface area contributed by atoms with E-state index in [4.69, 9.17) is 14.2 Å². The molecule has 0 spiro atoms. The maximum atomic E-state index is 14.4. The molecule has 2 aromatic carbocycles. The minimum absolute atomic E-state index is 0.113. The molecule has 0 radical (unpaired) electrons. The van der Waals surface area contributed by atoms with Crippen LogP contribution >= 0.6 is 0 Å². The molecule has 140 valence electrons. The number of hydrogen-bond acceptors (Lipinski definition) is 5. The van der Waals surface area contributed by atoms with Crippen LogP contribution in [0.1, 0.15) is 17.2 Å². The van der Waals surface area contributed by atoms with Gasteiger partial charge in [0.05, 0.1) is 27.4 Å². The summed E-state index contributed by atoms with van der Waals surface area (Å²) in [5.74, 6) is 1.34. The topological polar surface area (TPSA) is 43.0 Å². The smallest absolute Gasteiger partial charge is 0.165 e. The second-order valence-electron chi connectivity index (χ2n) is 6.19. The van der Waals surface area contributed by atoms with Gasteiger partial charge in [-0.2, -0.15) is 0 Å². The van der Waals surface area contributed by atoms with Crippen LogP contribution in [0.15, 0.2) is 36.4 Å². The third-order valence-corrected chi connectivity index (χ3v) is 4.74. The van der Waals surface area contributed by atoms with Gasteiger partial charge in [0.1, 0.15) is 11.5 Å². The zero-order valence-corrected chi connectivity index (χ0v) is 15.4. The summed E-state index contributed by atoms with van der Waals surface area (Å²) in [5, 5.41) is 3.36. The molecule has 1 fully saturated rings. The summed E-state index contributed by atoms with van der Waals surface area (Å²) in [6.45, 7) is 3.53. The Bertz CT molecular complexity index is 748. The molecule has 0 amide bonds. The van der Waals surface area contributed by atoms with Crippen molar-refractivity contribution in [2.75, 3.05) is 47.5 Å². The maximum Gasteiger partial charge on any atom is 0.165 e. The molecule has 3 rings (SSSR count). The van der Waals surface area contributed by atoms with Crippen molar-refractivity contribution in [2.45, 2.75) is 6.04 Å². The van der Waals surface area contributed by atoms with Gasteiger partial charge in [0.15, 0.2) is 11.6 Å². The fraction of sp³-hybridized carbons (Fsp3) is 0.400. The van der Waals surface area contributed by atoms with Crippen molar-refractivity contribution in [1.82, 2.24) is 10.2 Å². The molecule has 0 bridgehead atoms. The van der Waals surface area contributed by atoms with Gasteiger partial charge in [-0.25, -0.2) is 4.39 Å². The molecular formula is C20H25FN2O3. The number of halogens is 1. The lowest BCUT2D eigenvalue weighted by molar-refractivity contribution is 0.195. The van der Waals surface area contributed by atoms with Crippen LogP contribution in [0.3, 0.4) is 0 Å². The van der Waals surface area contributed by atoms with E-state index in [0.29, 0.717) is 0 Å². The number of hydrogen-bond donors (Lipinski definition) is 1. The number of nitrogens with one attached hydrogen (secondary N) is 1. The van der Waals surface area contributed by atoms with Crippen LogP contribution in [0, 0.1) is 5.82 Å². The summed E-state index contributed by atoms with van der Waals surface area (Å²) in [6.07, 6.45) is 0. The number of methoxy groups -OCH3 is 3. The SMILES string of the molecule is COc1ccc(C(c2ccc(OC)c(F)c2)N2CCNCC2)c(OC)c1. The third kappa shape index (κ3) is 3.76. The van der Waals surface area contributed by atoms with Crippen molar-refractivity contribution in [1.29, 1.82) is 0 Å². The zero-order chi connectivity index (χ0) is 18.5. The first-order valence-electron chi connectivity index (χ1n) is 8.68. The van der Waals surface area contributed by atoms with Gasteiger partial charge in [-0.15, -0.1) is 0 Å². The van der Waals surface area contributed by atoms with E-state index in [9.17, 15) is 4.39 Å². The standard InChI is InChI=1S/C20H25FN2O3/c1-24-15-5-6-16(19(13-15)26-3)20(23-10-8-22-9-11-23)14-4-7-18(25-2)17(21)12-14/h4-7,12-13,20,22H,8-11H2,1-3H3. The first-order chi connectivity index (χ1) is 12.7. The van der Waals surface area contributed by atoms with Gasteiger partial charge in [-0.05, 0) is 29.8 Å². The van der Waals surface area contributed by atoms with Crippen LogP contribution in [-0.2, 0) is 0 Å². The number of rotatable bonds is 6. The predicted molar refractivity (Wildman–Crippen MR) is 98.8 cm³/mol. The van der Waals surface area contributed by atoms with Gasteiger partial charge >= 0.3 is 0 Å². The summed E-state index contributed by atoms with van der Waals surface area (Å²) in [6, 6.07) is 10.8. The lowest BCUT2D eigenvalue weighted by Crippen LogP contribution is -2.45. The highest BCUT2D eigenvalue weighted by atomic mass is 19.1. The lowest BCUT2D eigenvalue weighted by atomic mass is 9.95. The van der Waals surface area contributed by atoms with Crippen molar-refractivity contribution in [3.05, 3.63) is 53.3 Å².